The fourth-order valence-corrected chi connectivity index (χ4v) is 3.44. The molecule has 0 aliphatic carbocycles. The number of ether oxygens (including phenoxy) is 1. The van der Waals surface area contributed by atoms with Gasteiger partial charge in [0.1, 0.15) is 0 Å². The van der Waals surface area contributed by atoms with E-state index in [1.165, 1.54) is 17.8 Å². The number of carbonyl (C=O) groups excluding carboxylic acids is 1. The molecule has 1 aliphatic heterocycles. The van der Waals surface area contributed by atoms with Crippen LogP contribution in [0.1, 0.15) is 29.4 Å². The molecule has 0 spiro atoms. The third kappa shape index (κ3) is 4.02. The second kappa shape index (κ2) is 6.84. The lowest BCUT2D eigenvalue weighted by Gasteiger charge is -2.30. The predicted molar refractivity (Wildman–Crippen MR) is 79.3 cm³/mol. The lowest BCUT2D eigenvalue weighted by Crippen LogP contribution is -2.40. The molecule has 0 aromatic carbocycles. The number of nitrogens with zero attached hydrogens (tertiary/aromatic N) is 1. The highest BCUT2D eigenvalue weighted by atomic mass is 35.5. The number of halogens is 1. The quantitative estimate of drug-likeness (QED) is 0.781. The van der Waals surface area contributed by atoms with Gasteiger partial charge >= 0.3 is 0 Å². The van der Waals surface area contributed by atoms with Crippen LogP contribution in [-0.4, -0.2) is 43.5 Å². The lowest BCUT2D eigenvalue weighted by atomic mass is 10.0. The molecule has 1 aliphatic rings. The van der Waals surface area contributed by atoms with E-state index < -0.39 is 0 Å². The molecule has 1 aromatic rings. The van der Waals surface area contributed by atoms with Crippen molar-refractivity contribution in [2.75, 3.05) is 26.8 Å². The van der Waals surface area contributed by atoms with Gasteiger partial charge in [-0.15, -0.1) is 11.3 Å². The maximum absolute atomic E-state index is 12.3. The molecule has 0 saturated carbocycles. The van der Waals surface area contributed by atoms with Gasteiger partial charge < -0.3 is 4.74 Å². The van der Waals surface area contributed by atoms with Gasteiger partial charge in [-0.25, -0.2) is 0 Å². The molecular weight excluding hydrogens is 282 g/mol. The second-order valence-corrected chi connectivity index (χ2v) is 6.88. The first-order chi connectivity index (χ1) is 9.08. The molecule has 106 valence electrons. The van der Waals surface area contributed by atoms with Crippen LogP contribution in [0.25, 0.3) is 0 Å². The highest BCUT2D eigenvalue weighted by molar-refractivity contribution is 7.18. The Morgan fingerprint density at radius 2 is 2.42 bits per heavy atom. The average Bonchev–Trinajstić information content (AvgIpc) is 2.85. The molecule has 2 atom stereocenters. The summed E-state index contributed by atoms with van der Waals surface area (Å²) in [5.74, 6) is 0.692. The molecule has 3 nitrogen and oxygen atoms in total. The van der Waals surface area contributed by atoms with E-state index in [1.807, 2.05) is 20.0 Å². The Morgan fingerprint density at radius 3 is 3.00 bits per heavy atom. The van der Waals surface area contributed by atoms with E-state index in [2.05, 4.69) is 4.90 Å². The van der Waals surface area contributed by atoms with Crippen molar-refractivity contribution < 1.29 is 9.53 Å². The minimum Gasteiger partial charge on any atom is -0.381 e. The first-order valence-electron chi connectivity index (χ1n) is 6.65. The maximum atomic E-state index is 12.3. The van der Waals surface area contributed by atoms with Crippen LogP contribution in [0.3, 0.4) is 0 Å². The molecule has 5 heteroatoms. The number of thiophene rings is 1. The first kappa shape index (κ1) is 15.0. The highest BCUT2D eigenvalue weighted by Crippen LogP contribution is 2.24. The van der Waals surface area contributed by atoms with Gasteiger partial charge in [0.25, 0.3) is 0 Å². The van der Waals surface area contributed by atoms with Crippen molar-refractivity contribution in [3.05, 3.63) is 21.3 Å². The predicted octanol–water partition coefficient (Wildman–Crippen LogP) is 3.33. The summed E-state index contributed by atoms with van der Waals surface area (Å²) in [6.45, 7) is 4.56. The van der Waals surface area contributed by atoms with Crippen LogP contribution < -0.4 is 0 Å². The van der Waals surface area contributed by atoms with E-state index in [0.29, 0.717) is 10.3 Å². The Balaban J connectivity index is 1.90. The summed E-state index contributed by atoms with van der Waals surface area (Å²) in [5.41, 5.74) is 0. The Labute approximate surface area is 123 Å². The van der Waals surface area contributed by atoms with Crippen molar-refractivity contribution >= 4 is 28.7 Å². The zero-order valence-electron chi connectivity index (χ0n) is 11.4. The van der Waals surface area contributed by atoms with Crippen molar-refractivity contribution in [3.63, 3.8) is 0 Å². The van der Waals surface area contributed by atoms with Crippen LogP contribution in [0.5, 0.6) is 0 Å². The molecule has 2 heterocycles. The van der Waals surface area contributed by atoms with E-state index in [0.717, 1.165) is 31.1 Å². The van der Waals surface area contributed by atoms with Crippen LogP contribution in [-0.2, 0) is 4.74 Å². The fourth-order valence-electron chi connectivity index (χ4n) is 2.37. The zero-order valence-corrected chi connectivity index (χ0v) is 13.0. The number of carbonyl (C=O) groups is 1. The molecule has 1 saturated heterocycles. The summed E-state index contributed by atoms with van der Waals surface area (Å²) in [5, 5.41) is 0. The number of hydrogen-bond acceptors (Lipinski definition) is 4. The van der Waals surface area contributed by atoms with Crippen LogP contribution in [0.15, 0.2) is 12.1 Å². The van der Waals surface area contributed by atoms with E-state index in [4.69, 9.17) is 16.3 Å². The Bertz CT molecular complexity index is 429. The van der Waals surface area contributed by atoms with Gasteiger partial charge in [0, 0.05) is 13.2 Å². The summed E-state index contributed by atoms with van der Waals surface area (Å²) < 4.78 is 6.15. The van der Waals surface area contributed by atoms with Gasteiger partial charge in [0.05, 0.1) is 21.9 Å². The van der Waals surface area contributed by atoms with Crippen molar-refractivity contribution in [1.82, 2.24) is 4.90 Å². The largest absolute Gasteiger partial charge is 0.381 e. The normalized spacial score (nSPS) is 21.6. The number of ketones is 1. The zero-order chi connectivity index (χ0) is 13.8. The molecule has 0 amide bonds. The van der Waals surface area contributed by atoms with Crippen LogP contribution >= 0.6 is 22.9 Å². The van der Waals surface area contributed by atoms with E-state index in [9.17, 15) is 4.79 Å². The summed E-state index contributed by atoms with van der Waals surface area (Å²) >= 11 is 7.23. The minimum atomic E-state index is -0.114. The minimum absolute atomic E-state index is 0.114. The fraction of sp³-hybridized carbons (Fsp3) is 0.643. The van der Waals surface area contributed by atoms with Gasteiger partial charge in [0.15, 0.2) is 5.78 Å². The molecular formula is C14H20ClNO2S. The molecule has 0 bridgehead atoms. The van der Waals surface area contributed by atoms with Gasteiger partial charge in [-0.05, 0) is 44.9 Å². The molecule has 0 radical (unpaired) electrons. The average molecular weight is 302 g/mol. The standard InChI is InChI=1S/C14H20ClNO2S/c1-10(14(17)12-5-6-13(15)19-12)16(2)8-11-4-3-7-18-9-11/h5-6,10-11H,3-4,7-9H2,1-2H3. The van der Waals surface area contributed by atoms with E-state index >= 15 is 0 Å². The molecule has 0 N–H and O–H groups in total. The molecule has 2 rings (SSSR count). The number of rotatable bonds is 5. The first-order valence-corrected chi connectivity index (χ1v) is 7.85. The third-order valence-corrected chi connectivity index (χ3v) is 4.90. The van der Waals surface area contributed by atoms with Gasteiger partial charge in [-0.3, -0.25) is 9.69 Å². The third-order valence-electron chi connectivity index (χ3n) is 3.66. The number of Topliss-reactive ketones (excluding diaryl/α,β-unsaturated/α-hetero) is 1. The second-order valence-electron chi connectivity index (χ2n) is 5.17. The summed E-state index contributed by atoms with van der Waals surface area (Å²) in [6.07, 6.45) is 2.32. The maximum Gasteiger partial charge on any atom is 0.189 e. The lowest BCUT2D eigenvalue weighted by molar-refractivity contribution is 0.0365. The Hall–Kier alpha value is -0.420. The molecule has 1 fully saturated rings. The Kier molecular flexibility index (Phi) is 5.39. The molecule has 2 unspecified atom stereocenters. The van der Waals surface area contributed by atoms with Crippen LogP contribution in [0, 0.1) is 5.92 Å². The van der Waals surface area contributed by atoms with Crippen LogP contribution in [0.4, 0.5) is 0 Å². The monoisotopic (exact) mass is 301 g/mol. The summed E-state index contributed by atoms with van der Waals surface area (Å²) in [6, 6.07) is 3.47. The summed E-state index contributed by atoms with van der Waals surface area (Å²) in [4.78, 5) is 15.2. The van der Waals surface area contributed by atoms with Crippen molar-refractivity contribution in [2.45, 2.75) is 25.8 Å². The smallest absolute Gasteiger partial charge is 0.189 e. The summed E-state index contributed by atoms with van der Waals surface area (Å²) in [7, 11) is 2.01. The van der Waals surface area contributed by atoms with Gasteiger partial charge in [0.2, 0.25) is 0 Å². The number of hydrogen-bond donors (Lipinski definition) is 0. The molecule has 19 heavy (non-hydrogen) atoms. The van der Waals surface area contributed by atoms with E-state index in [1.54, 1.807) is 6.07 Å². The van der Waals surface area contributed by atoms with Crippen molar-refractivity contribution in [2.24, 2.45) is 5.92 Å². The number of likely N-dealkylation sites (N-methyl/N-ethyl adjacent to an activating group) is 1. The Morgan fingerprint density at radius 1 is 1.63 bits per heavy atom. The van der Waals surface area contributed by atoms with E-state index in [-0.39, 0.29) is 11.8 Å². The topological polar surface area (TPSA) is 29.5 Å². The van der Waals surface area contributed by atoms with Gasteiger partial charge in [-0.1, -0.05) is 11.6 Å². The highest BCUT2D eigenvalue weighted by Gasteiger charge is 2.24. The van der Waals surface area contributed by atoms with Crippen molar-refractivity contribution in [3.8, 4) is 0 Å². The van der Waals surface area contributed by atoms with Gasteiger partial charge in [-0.2, -0.15) is 0 Å². The SMILES string of the molecule is CC(C(=O)c1ccc(Cl)s1)N(C)CC1CCCOC1. The van der Waals surface area contributed by atoms with Crippen molar-refractivity contribution in [1.29, 1.82) is 0 Å². The molecule has 1 aromatic heterocycles. The van der Waals surface area contributed by atoms with Crippen LogP contribution in [0.2, 0.25) is 4.34 Å².